The first-order valence-electron chi connectivity index (χ1n) is 9.01. The van der Waals surface area contributed by atoms with Crippen molar-refractivity contribution in [2.75, 3.05) is 5.73 Å². The standard InChI is InChI=1S/C19H23N3O2S/c20-16-15-14(13-9-6-10-24-13)11-7-4-2-1-3-5-8-12(11)22-19(15)25-17(16)18(21)23/h6,9-12H,1-5,7-8,20H2,(H2,21,23)/t11-,12-/m1/s1. The van der Waals surface area contributed by atoms with Gasteiger partial charge in [-0.1, -0.05) is 32.1 Å². The van der Waals surface area contributed by atoms with Gasteiger partial charge in [0.05, 0.1) is 18.0 Å². The van der Waals surface area contributed by atoms with Gasteiger partial charge in [0, 0.05) is 16.7 Å². The number of nitrogens with zero attached hydrogens (tertiary/aromatic N) is 1. The summed E-state index contributed by atoms with van der Waals surface area (Å²) in [6.45, 7) is 0. The number of furan rings is 1. The number of hydrogen-bond acceptors (Lipinski definition) is 5. The van der Waals surface area contributed by atoms with Gasteiger partial charge in [-0.3, -0.25) is 9.79 Å². The molecule has 0 bridgehead atoms. The highest BCUT2D eigenvalue weighted by molar-refractivity contribution is 7.12. The summed E-state index contributed by atoms with van der Waals surface area (Å²) in [4.78, 5) is 17.2. The Morgan fingerprint density at radius 2 is 1.96 bits per heavy atom. The van der Waals surface area contributed by atoms with Gasteiger partial charge in [0.25, 0.3) is 5.91 Å². The van der Waals surface area contributed by atoms with Crippen LogP contribution in [-0.4, -0.2) is 11.9 Å². The molecule has 2 aromatic rings. The second-order valence-corrected chi connectivity index (χ2v) is 7.93. The Kier molecular flexibility index (Phi) is 4.37. The van der Waals surface area contributed by atoms with Crippen LogP contribution in [0.4, 0.5) is 5.69 Å². The van der Waals surface area contributed by atoms with E-state index in [-0.39, 0.29) is 12.0 Å². The van der Waals surface area contributed by atoms with E-state index in [2.05, 4.69) is 0 Å². The van der Waals surface area contributed by atoms with Crippen LogP contribution in [0, 0.1) is 5.92 Å². The van der Waals surface area contributed by atoms with Gasteiger partial charge in [0.15, 0.2) is 0 Å². The lowest BCUT2D eigenvalue weighted by Gasteiger charge is -2.27. The topological polar surface area (TPSA) is 94.6 Å². The molecule has 0 radical (unpaired) electrons. The molecule has 2 aromatic heterocycles. The molecular weight excluding hydrogens is 334 g/mol. The molecule has 0 saturated heterocycles. The summed E-state index contributed by atoms with van der Waals surface area (Å²) in [5.74, 6) is 0.639. The van der Waals surface area contributed by atoms with Crippen LogP contribution >= 0.6 is 11.3 Å². The van der Waals surface area contributed by atoms with Crippen LogP contribution in [0.3, 0.4) is 0 Å². The normalized spacial score (nSPS) is 23.6. The summed E-state index contributed by atoms with van der Waals surface area (Å²) in [7, 11) is 0. The second-order valence-electron chi connectivity index (χ2n) is 6.93. The van der Waals surface area contributed by atoms with E-state index in [1.807, 2.05) is 12.1 Å². The highest BCUT2D eigenvalue weighted by Crippen LogP contribution is 2.36. The molecule has 1 aliphatic heterocycles. The number of fused-ring (bicyclic) bond motifs is 2. The van der Waals surface area contributed by atoms with Crippen molar-refractivity contribution in [1.82, 2.24) is 0 Å². The first-order chi connectivity index (χ1) is 12.2. The molecule has 1 fully saturated rings. The minimum Gasteiger partial charge on any atom is -0.465 e. The summed E-state index contributed by atoms with van der Waals surface area (Å²) in [6.07, 6.45) is 10.0. The van der Waals surface area contributed by atoms with Crippen LogP contribution in [0.25, 0.3) is 5.57 Å². The Bertz CT molecular complexity index is 898. The van der Waals surface area contributed by atoms with E-state index in [0.717, 1.165) is 34.1 Å². The fourth-order valence-corrected chi connectivity index (χ4v) is 5.19. The smallest absolute Gasteiger partial charge is 0.260 e. The van der Waals surface area contributed by atoms with Gasteiger partial charge in [0.1, 0.15) is 15.3 Å². The molecule has 1 saturated carbocycles. The predicted octanol–water partition coefficient (Wildman–Crippen LogP) is 2.58. The zero-order valence-electron chi connectivity index (χ0n) is 14.2. The molecular formula is C19H23N3O2S. The molecule has 2 atom stereocenters. The maximum Gasteiger partial charge on any atom is 0.260 e. The largest absolute Gasteiger partial charge is 0.465 e. The summed E-state index contributed by atoms with van der Waals surface area (Å²) in [6, 6.07) is 4.11. The molecule has 0 aromatic carbocycles. The molecule has 2 aliphatic rings. The quantitative estimate of drug-likeness (QED) is 0.865. The van der Waals surface area contributed by atoms with E-state index in [0.29, 0.717) is 10.6 Å². The van der Waals surface area contributed by atoms with E-state index >= 15 is 0 Å². The van der Waals surface area contributed by atoms with Crippen molar-refractivity contribution in [3.63, 3.8) is 0 Å². The van der Waals surface area contributed by atoms with Crippen LogP contribution < -0.4 is 21.4 Å². The number of anilines is 1. The average Bonchev–Trinajstić information content (AvgIpc) is 3.23. The Hall–Kier alpha value is -2.08. The number of carbonyl (C=O) groups is 1. The number of amides is 1. The number of carbonyl (C=O) groups excluding carboxylic acids is 1. The van der Waals surface area contributed by atoms with Crippen molar-refractivity contribution in [1.29, 1.82) is 0 Å². The molecule has 1 amide bonds. The average molecular weight is 357 g/mol. The minimum atomic E-state index is -0.486. The molecule has 3 heterocycles. The third-order valence-electron chi connectivity index (χ3n) is 5.34. The first-order valence-corrected chi connectivity index (χ1v) is 9.82. The highest BCUT2D eigenvalue weighted by Gasteiger charge is 2.33. The number of rotatable bonds is 2. The Balaban J connectivity index is 1.98. The van der Waals surface area contributed by atoms with Gasteiger partial charge >= 0.3 is 0 Å². The predicted molar refractivity (Wildman–Crippen MR) is 98.8 cm³/mol. The van der Waals surface area contributed by atoms with Crippen molar-refractivity contribution in [3.05, 3.63) is 38.9 Å². The van der Waals surface area contributed by atoms with Crippen molar-refractivity contribution >= 4 is 28.5 Å². The SMILES string of the molecule is NC(=O)c1sc2c(c1N)=C(c1ccco1)[C@@H]1CCCCCCC[C@H]1N=2. The van der Waals surface area contributed by atoms with Gasteiger partial charge in [-0.05, 0) is 25.0 Å². The third-order valence-corrected chi connectivity index (χ3v) is 6.47. The Morgan fingerprint density at radius 3 is 2.68 bits per heavy atom. The first kappa shape index (κ1) is 16.4. The van der Waals surface area contributed by atoms with Gasteiger partial charge in [0.2, 0.25) is 0 Å². The third kappa shape index (κ3) is 2.88. The molecule has 4 N–H and O–H groups in total. The summed E-state index contributed by atoms with van der Waals surface area (Å²) in [5, 5.41) is 0.870. The van der Waals surface area contributed by atoms with E-state index < -0.39 is 5.91 Å². The van der Waals surface area contributed by atoms with Crippen LogP contribution in [0.15, 0.2) is 27.8 Å². The van der Waals surface area contributed by atoms with Crippen molar-refractivity contribution in [2.24, 2.45) is 16.6 Å². The van der Waals surface area contributed by atoms with Crippen LogP contribution in [-0.2, 0) is 0 Å². The van der Waals surface area contributed by atoms with Gasteiger partial charge in [-0.25, -0.2) is 0 Å². The van der Waals surface area contributed by atoms with Gasteiger partial charge < -0.3 is 15.9 Å². The fraction of sp³-hybridized carbons (Fsp3) is 0.474. The highest BCUT2D eigenvalue weighted by atomic mass is 32.1. The van der Waals surface area contributed by atoms with Crippen LogP contribution in [0.2, 0.25) is 0 Å². The minimum absolute atomic E-state index is 0.226. The fourth-order valence-electron chi connectivity index (χ4n) is 4.17. The summed E-state index contributed by atoms with van der Waals surface area (Å²) >= 11 is 1.32. The zero-order chi connectivity index (χ0) is 17.4. The Labute approximate surface area is 150 Å². The molecule has 5 nitrogen and oxygen atoms in total. The monoisotopic (exact) mass is 357 g/mol. The van der Waals surface area contributed by atoms with Crippen molar-refractivity contribution in [3.8, 4) is 0 Å². The molecule has 0 spiro atoms. The van der Waals surface area contributed by atoms with E-state index in [1.165, 1.54) is 43.4 Å². The molecule has 0 unspecified atom stereocenters. The molecule has 132 valence electrons. The maximum absolute atomic E-state index is 11.8. The van der Waals surface area contributed by atoms with E-state index in [9.17, 15) is 4.79 Å². The number of nitrogens with two attached hydrogens (primary N) is 2. The van der Waals surface area contributed by atoms with Gasteiger partial charge in [-0.15, -0.1) is 11.3 Å². The van der Waals surface area contributed by atoms with Crippen molar-refractivity contribution in [2.45, 2.75) is 51.0 Å². The molecule has 4 rings (SSSR count). The van der Waals surface area contributed by atoms with E-state index in [1.54, 1.807) is 6.26 Å². The molecule has 25 heavy (non-hydrogen) atoms. The summed E-state index contributed by atoms with van der Waals surface area (Å²) < 4.78 is 6.59. The zero-order valence-corrected chi connectivity index (χ0v) is 15.0. The second kappa shape index (κ2) is 6.67. The number of primary amides is 1. The number of nitrogen functional groups attached to an aromatic ring is 1. The van der Waals surface area contributed by atoms with Crippen molar-refractivity contribution < 1.29 is 9.21 Å². The molecule has 1 aliphatic carbocycles. The number of hydrogen-bond donors (Lipinski definition) is 2. The van der Waals surface area contributed by atoms with E-state index in [4.69, 9.17) is 20.9 Å². The Morgan fingerprint density at radius 1 is 1.20 bits per heavy atom. The lowest BCUT2D eigenvalue weighted by molar-refractivity contribution is 0.100. The maximum atomic E-state index is 11.8. The number of thiophene rings is 1. The van der Waals surface area contributed by atoms with Crippen LogP contribution in [0.5, 0.6) is 0 Å². The lowest BCUT2D eigenvalue weighted by Crippen LogP contribution is -2.38. The summed E-state index contributed by atoms with van der Waals surface area (Å²) in [5.41, 5.74) is 13.4. The molecule has 6 heteroatoms. The van der Waals surface area contributed by atoms with Crippen LogP contribution in [0.1, 0.15) is 60.4 Å². The lowest BCUT2D eigenvalue weighted by atomic mass is 9.82. The van der Waals surface area contributed by atoms with Gasteiger partial charge in [-0.2, -0.15) is 0 Å².